The van der Waals surface area contributed by atoms with Crippen LogP contribution in [0.15, 0.2) is 65.7 Å². The van der Waals surface area contributed by atoms with Crippen molar-refractivity contribution in [3.05, 3.63) is 71.3 Å². The summed E-state index contributed by atoms with van der Waals surface area (Å²) in [6, 6.07) is 17.8. The second-order valence-corrected chi connectivity index (χ2v) is 9.54. The van der Waals surface area contributed by atoms with E-state index in [1.165, 1.54) is 11.8 Å². The quantitative estimate of drug-likeness (QED) is 0.328. The Bertz CT molecular complexity index is 1150. The molecule has 0 atom stereocenters. The third-order valence-corrected chi connectivity index (χ3v) is 6.33. The van der Waals surface area contributed by atoms with Crippen molar-refractivity contribution in [2.24, 2.45) is 5.92 Å². The average Bonchev–Trinajstić information content (AvgIpc) is 3.33. The van der Waals surface area contributed by atoms with Crippen molar-refractivity contribution in [2.75, 3.05) is 13.2 Å². The van der Waals surface area contributed by atoms with Gasteiger partial charge in [-0.1, -0.05) is 56.0 Å². The Balaban J connectivity index is 1.73. The molecule has 1 fully saturated rings. The fraction of sp³-hybridized carbons (Fsp3) is 0.240. The molecule has 5 nitrogen and oxygen atoms in total. The zero-order valence-corrected chi connectivity index (χ0v) is 20.0. The van der Waals surface area contributed by atoms with Crippen LogP contribution >= 0.6 is 24.0 Å². The van der Waals surface area contributed by atoms with E-state index in [9.17, 15) is 4.79 Å². The second kappa shape index (κ2) is 9.71. The minimum absolute atomic E-state index is 0.0571. The summed E-state index contributed by atoms with van der Waals surface area (Å²) in [4.78, 5) is 15.0. The standard InChI is InChI=1S/C25H25N3O2S2/c1-4-27-24(29)22(32-25(27)31)14-19-15-28(20-8-6-5-7-9-20)26-23(19)18-10-12-21(13-11-18)30-16-17(2)3/h5-15,17H,4,16H2,1-3H3/b22-14-. The lowest BCUT2D eigenvalue weighted by Crippen LogP contribution is -2.27. The molecule has 0 bridgehead atoms. The van der Waals surface area contributed by atoms with Crippen molar-refractivity contribution in [3.63, 3.8) is 0 Å². The van der Waals surface area contributed by atoms with Crippen molar-refractivity contribution < 1.29 is 9.53 Å². The normalized spacial score (nSPS) is 15.2. The van der Waals surface area contributed by atoms with Crippen molar-refractivity contribution in [1.29, 1.82) is 0 Å². The smallest absolute Gasteiger partial charge is 0.266 e. The highest BCUT2D eigenvalue weighted by molar-refractivity contribution is 8.26. The van der Waals surface area contributed by atoms with Gasteiger partial charge in [0.25, 0.3) is 5.91 Å². The van der Waals surface area contributed by atoms with Crippen LogP contribution in [-0.2, 0) is 4.79 Å². The first-order chi connectivity index (χ1) is 15.5. The topological polar surface area (TPSA) is 47.4 Å². The minimum Gasteiger partial charge on any atom is -0.493 e. The van der Waals surface area contributed by atoms with E-state index in [0.29, 0.717) is 28.3 Å². The molecule has 1 saturated heterocycles. The van der Waals surface area contributed by atoms with Crippen LogP contribution in [0.3, 0.4) is 0 Å². The Hall–Kier alpha value is -2.90. The SMILES string of the molecule is CCN1C(=O)/C(=C/c2cn(-c3ccccc3)nc2-c2ccc(OCC(C)C)cc2)SC1=S. The number of thiocarbonyl (C=S) groups is 1. The molecule has 3 aromatic rings. The molecule has 0 unspecified atom stereocenters. The van der Waals surface area contributed by atoms with E-state index in [1.807, 2.05) is 78.5 Å². The minimum atomic E-state index is -0.0571. The van der Waals surface area contributed by atoms with E-state index in [-0.39, 0.29) is 5.91 Å². The molecule has 1 aromatic heterocycles. The first kappa shape index (κ1) is 22.3. The van der Waals surface area contributed by atoms with Gasteiger partial charge in [0.2, 0.25) is 0 Å². The largest absolute Gasteiger partial charge is 0.493 e. The molecule has 1 amide bonds. The molecule has 1 aliphatic rings. The number of benzene rings is 2. The van der Waals surface area contributed by atoms with Gasteiger partial charge >= 0.3 is 0 Å². The lowest BCUT2D eigenvalue weighted by molar-refractivity contribution is -0.121. The van der Waals surface area contributed by atoms with Crippen LogP contribution in [-0.4, -0.2) is 38.1 Å². The number of para-hydroxylation sites is 1. The molecular weight excluding hydrogens is 438 g/mol. The Morgan fingerprint density at radius 2 is 1.84 bits per heavy atom. The Labute approximate surface area is 198 Å². The molecule has 0 radical (unpaired) electrons. The summed E-state index contributed by atoms with van der Waals surface area (Å²) >= 11 is 6.70. The lowest BCUT2D eigenvalue weighted by atomic mass is 10.1. The molecule has 4 rings (SSSR count). The monoisotopic (exact) mass is 463 g/mol. The first-order valence-corrected chi connectivity index (χ1v) is 11.8. The molecule has 0 saturated carbocycles. The van der Waals surface area contributed by atoms with Gasteiger partial charge < -0.3 is 4.74 Å². The Morgan fingerprint density at radius 3 is 2.47 bits per heavy atom. The molecule has 0 spiro atoms. The maximum atomic E-state index is 12.8. The van der Waals surface area contributed by atoms with Crippen LogP contribution in [0.5, 0.6) is 5.75 Å². The Morgan fingerprint density at radius 1 is 1.12 bits per heavy atom. The van der Waals surface area contributed by atoms with E-state index >= 15 is 0 Å². The number of amides is 1. The molecule has 0 N–H and O–H groups in total. The molecule has 7 heteroatoms. The first-order valence-electron chi connectivity index (χ1n) is 10.6. The van der Waals surface area contributed by atoms with Gasteiger partial charge in [-0.2, -0.15) is 5.10 Å². The number of carbonyl (C=O) groups excluding carboxylic acids is 1. The number of hydrogen-bond acceptors (Lipinski definition) is 5. The number of hydrogen-bond donors (Lipinski definition) is 0. The lowest BCUT2D eigenvalue weighted by Gasteiger charge is -2.09. The van der Waals surface area contributed by atoms with Gasteiger partial charge in [0.15, 0.2) is 0 Å². The molecule has 0 aliphatic carbocycles. The maximum Gasteiger partial charge on any atom is 0.266 e. The van der Waals surface area contributed by atoms with E-state index in [1.54, 1.807) is 4.90 Å². The highest BCUT2D eigenvalue weighted by atomic mass is 32.2. The Kier molecular flexibility index (Phi) is 6.77. The van der Waals surface area contributed by atoms with Gasteiger partial charge in [-0.05, 0) is 55.3 Å². The summed E-state index contributed by atoms with van der Waals surface area (Å²) in [5.41, 5.74) is 3.56. The van der Waals surface area contributed by atoms with E-state index < -0.39 is 0 Å². The van der Waals surface area contributed by atoms with Crippen molar-refractivity contribution in [3.8, 4) is 22.7 Å². The van der Waals surface area contributed by atoms with Crippen LogP contribution < -0.4 is 4.74 Å². The van der Waals surface area contributed by atoms with Crippen molar-refractivity contribution in [1.82, 2.24) is 14.7 Å². The van der Waals surface area contributed by atoms with Gasteiger partial charge in [0.1, 0.15) is 10.1 Å². The highest BCUT2D eigenvalue weighted by Crippen LogP contribution is 2.35. The number of carbonyl (C=O) groups is 1. The number of aromatic nitrogens is 2. The van der Waals surface area contributed by atoms with Crippen LogP contribution in [0, 0.1) is 5.92 Å². The zero-order chi connectivity index (χ0) is 22.7. The predicted octanol–water partition coefficient (Wildman–Crippen LogP) is 5.80. The molecule has 2 heterocycles. The molecule has 32 heavy (non-hydrogen) atoms. The van der Waals surface area contributed by atoms with Crippen molar-refractivity contribution >= 4 is 40.3 Å². The van der Waals surface area contributed by atoms with E-state index in [4.69, 9.17) is 22.1 Å². The maximum absolute atomic E-state index is 12.8. The second-order valence-electron chi connectivity index (χ2n) is 7.87. The third kappa shape index (κ3) is 4.79. The van der Waals surface area contributed by atoms with Gasteiger partial charge in [-0.25, -0.2) is 4.68 Å². The molecule has 2 aromatic carbocycles. The number of likely N-dealkylation sites (N-methyl/N-ethyl adjacent to an activating group) is 1. The molecule has 1 aliphatic heterocycles. The third-order valence-electron chi connectivity index (χ3n) is 4.95. The summed E-state index contributed by atoms with van der Waals surface area (Å²) < 4.78 is 8.24. The summed E-state index contributed by atoms with van der Waals surface area (Å²) in [5, 5.41) is 4.84. The van der Waals surface area contributed by atoms with E-state index in [0.717, 1.165) is 28.3 Å². The molecular formula is C25H25N3O2S2. The molecule has 164 valence electrons. The van der Waals surface area contributed by atoms with Crippen LogP contribution in [0.1, 0.15) is 26.3 Å². The van der Waals surface area contributed by atoms with Crippen LogP contribution in [0.2, 0.25) is 0 Å². The summed E-state index contributed by atoms with van der Waals surface area (Å²) in [7, 11) is 0. The van der Waals surface area contributed by atoms with Gasteiger partial charge in [-0.15, -0.1) is 0 Å². The summed E-state index contributed by atoms with van der Waals surface area (Å²) in [5.74, 6) is 1.23. The van der Waals surface area contributed by atoms with Gasteiger partial charge in [0, 0.05) is 23.9 Å². The zero-order valence-electron chi connectivity index (χ0n) is 18.3. The highest BCUT2D eigenvalue weighted by Gasteiger charge is 2.31. The van der Waals surface area contributed by atoms with E-state index in [2.05, 4.69) is 13.8 Å². The average molecular weight is 464 g/mol. The fourth-order valence-corrected chi connectivity index (χ4v) is 4.69. The predicted molar refractivity (Wildman–Crippen MR) is 135 cm³/mol. The van der Waals surface area contributed by atoms with Crippen molar-refractivity contribution in [2.45, 2.75) is 20.8 Å². The number of nitrogens with zero attached hydrogens (tertiary/aromatic N) is 3. The van der Waals surface area contributed by atoms with Gasteiger partial charge in [-0.3, -0.25) is 9.69 Å². The number of rotatable bonds is 7. The fourth-order valence-electron chi connectivity index (χ4n) is 3.32. The van der Waals surface area contributed by atoms with Gasteiger partial charge in [0.05, 0.1) is 22.9 Å². The summed E-state index contributed by atoms with van der Waals surface area (Å²) in [6.07, 6.45) is 3.84. The number of ether oxygens (including phenoxy) is 1. The summed E-state index contributed by atoms with van der Waals surface area (Å²) in [6.45, 7) is 7.41. The number of thioether (sulfide) groups is 1. The van der Waals surface area contributed by atoms with Crippen LogP contribution in [0.4, 0.5) is 0 Å². The van der Waals surface area contributed by atoms with Crippen LogP contribution in [0.25, 0.3) is 23.0 Å².